The third-order valence-corrected chi connectivity index (χ3v) is 6.42. The molecule has 1 saturated heterocycles. The summed E-state index contributed by atoms with van der Waals surface area (Å²) in [7, 11) is 0. The van der Waals surface area contributed by atoms with Crippen molar-refractivity contribution in [2.45, 2.75) is 51.5 Å². The highest BCUT2D eigenvalue weighted by Gasteiger charge is 2.29. The monoisotopic (exact) mass is 436 g/mol. The molecule has 32 heavy (non-hydrogen) atoms. The number of carbonyl (C=O) groups is 2. The van der Waals surface area contributed by atoms with Crippen LogP contribution in [0.5, 0.6) is 5.75 Å². The molecule has 1 atom stereocenters. The Hall–Kier alpha value is -3.09. The van der Waals surface area contributed by atoms with Crippen LogP contribution >= 0.6 is 0 Å². The standard InChI is InChI=1S/C25H32N4O3/c1-19-18-28(22-8-5-13-26-17-22)14-15-29(19)25(31)32-23-11-9-21(10-12-23)27-24(30)16-20-6-3-2-4-7-20/h5,8-13,17,19-20H,2-4,6-7,14-16,18H2,1H3,(H,27,30). The first-order chi connectivity index (χ1) is 15.6. The fraction of sp³-hybridized carbons (Fsp3) is 0.480. The number of aromatic nitrogens is 1. The van der Waals surface area contributed by atoms with Crippen molar-refractivity contribution in [3.05, 3.63) is 48.8 Å². The minimum Gasteiger partial charge on any atom is -0.410 e. The lowest BCUT2D eigenvalue weighted by molar-refractivity contribution is -0.117. The summed E-state index contributed by atoms with van der Waals surface area (Å²) in [6, 6.07) is 11.0. The van der Waals surface area contributed by atoms with Crippen LogP contribution in [0.4, 0.5) is 16.2 Å². The molecule has 4 rings (SSSR count). The van der Waals surface area contributed by atoms with Crippen LogP contribution in [0.1, 0.15) is 45.4 Å². The molecule has 1 aromatic heterocycles. The van der Waals surface area contributed by atoms with E-state index in [1.807, 2.05) is 25.3 Å². The Labute approximate surface area is 189 Å². The van der Waals surface area contributed by atoms with Crippen LogP contribution in [0, 0.1) is 5.92 Å². The zero-order valence-electron chi connectivity index (χ0n) is 18.7. The SMILES string of the molecule is CC1CN(c2cccnc2)CCN1C(=O)Oc1ccc(NC(=O)CC2CCCCC2)cc1. The first-order valence-electron chi connectivity index (χ1n) is 11.6. The molecule has 2 aliphatic rings. The molecule has 7 heteroatoms. The number of piperazine rings is 1. The molecule has 1 unspecified atom stereocenters. The number of ether oxygens (including phenoxy) is 1. The molecule has 1 aliphatic heterocycles. The van der Waals surface area contributed by atoms with E-state index in [1.54, 1.807) is 35.4 Å². The zero-order valence-corrected chi connectivity index (χ0v) is 18.7. The topological polar surface area (TPSA) is 74.8 Å². The van der Waals surface area contributed by atoms with Crippen molar-refractivity contribution in [2.24, 2.45) is 5.92 Å². The van der Waals surface area contributed by atoms with E-state index < -0.39 is 0 Å². The minimum atomic E-state index is -0.350. The molecule has 0 spiro atoms. The number of hydrogen-bond donors (Lipinski definition) is 1. The van der Waals surface area contributed by atoms with Crippen molar-refractivity contribution in [1.82, 2.24) is 9.88 Å². The predicted octanol–water partition coefficient (Wildman–Crippen LogP) is 4.70. The fourth-order valence-electron chi connectivity index (χ4n) is 4.64. The lowest BCUT2D eigenvalue weighted by Crippen LogP contribution is -2.54. The molecule has 2 aromatic rings. The lowest BCUT2D eigenvalue weighted by atomic mass is 9.87. The van der Waals surface area contributed by atoms with Crippen molar-refractivity contribution in [2.75, 3.05) is 29.9 Å². The third kappa shape index (κ3) is 5.78. The highest BCUT2D eigenvalue weighted by atomic mass is 16.6. The highest BCUT2D eigenvalue weighted by molar-refractivity contribution is 5.90. The van der Waals surface area contributed by atoms with Crippen LogP contribution in [0.15, 0.2) is 48.8 Å². The maximum absolute atomic E-state index is 12.7. The second-order valence-electron chi connectivity index (χ2n) is 8.85. The predicted molar refractivity (Wildman–Crippen MR) is 125 cm³/mol. The summed E-state index contributed by atoms with van der Waals surface area (Å²) < 4.78 is 5.59. The van der Waals surface area contributed by atoms with Crippen LogP contribution in [0.2, 0.25) is 0 Å². The number of nitrogens with zero attached hydrogens (tertiary/aromatic N) is 3. The van der Waals surface area contributed by atoms with Gasteiger partial charge in [0.05, 0.1) is 11.9 Å². The number of pyridine rings is 1. The van der Waals surface area contributed by atoms with Gasteiger partial charge >= 0.3 is 6.09 Å². The van der Waals surface area contributed by atoms with Gasteiger partial charge < -0.3 is 19.9 Å². The van der Waals surface area contributed by atoms with E-state index in [0.29, 0.717) is 24.6 Å². The summed E-state index contributed by atoms with van der Waals surface area (Å²) in [4.78, 5) is 33.2. The molecule has 1 aliphatic carbocycles. The molecular weight excluding hydrogens is 404 g/mol. The first-order valence-corrected chi connectivity index (χ1v) is 11.6. The van der Waals surface area contributed by atoms with Crippen molar-refractivity contribution >= 4 is 23.4 Å². The second kappa shape index (κ2) is 10.5. The van der Waals surface area contributed by atoms with E-state index in [9.17, 15) is 9.59 Å². The average Bonchev–Trinajstić information content (AvgIpc) is 2.81. The van der Waals surface area contributed by atoms with E-state index in [0.717, 1.165) is 37.3 Å². The smallest absolute Gasteiger partial charge is 0.410 e. The molecule has 0 bridgehead atoms. The van der Waals surface area contributed by atoms with Gasteiger partial charge in [-0.25, -0.2) is 4.79 Å². The number of benzene rings is 1. The highest BCUT2D eigenvalue weighted by Crippen LogP contribution is 2.27. The number of hydrogen-bond acceptors (Lipinski definition) is 5. The molecule has 1 aromatic carbocycles. The molecule has 170 valence electrons. The third-order valence-electron chi connectivity index (χ3n) is 6.42. The Morgan fingerprint density at radius 2 is 1.88 bits per heavy atom. The Kier molecular flexibility index (Phi) is 7.24. The van der Waals surface area contributed by atoms with Gasteiger partial charge in [-0.05, 0) is 62.1 Å². The van der Waals surface area contributed by atoms with Gasteiger partial charge in [0, 0.05) is 44.0 Å². The number of amides is 2. The Morgan fingerprint density at radius 3 is 2.56 bits per heavy atom. The van der Waals surface area contributed by atoms with Crippen molar-refractivity contribution < 1.29 is 14.3 Å². The second-order valence-corrected chi connectivity index (χ2v) is 8.85. The molecule has 2 amide bonds. The number of rotatable bonds is 5. The van der Waals surface area contributed by atoms with E-state index in [4.69, 9.17) is 4.74 Å². The Bertz CT molecular complexity index is 897. The fourth-order valence-corrected chi connectivity index (χ4v) is 4.64. The van der Waals surface area contributed by atoms with Crippen molar-refractivity contribution in [3.63, 3.8) is 0 Å². The quantitative estimate of drug-likeness (QED) is 0.735. The van der Waals surface area contributed by atoms with Gasteiger partial charge in [0.25, 0.3) is 0 Å². The number of carbonyl (C=O) groups excluding carboxylic acids is 2. The van der Waals surface area contributed by atoms with Gasteiger partial charge in [0.15, 0.2) is 0 Å². The normalized spacial score (nSPS) is 19.5. The van der Waals surface area contributed by atoms with Gasteiger partial charge in [-0.2, -0.15) is 0 Å². The van der Waals surface area contributed by atoms with Crippen LogP contribution in [0.3, 0.4) is 0 Å². The van der Waals surface area contributed by atoms with Gasteiger partial charge in [0.2, 0.25) is 5.91 Å². The molecule has 0 radical (unpaired) electrons. The van der Waals surface area contributed by atoms with E-state index in [1.165, 1.54) is 19.3 Å². The van der Waals surface area contributed by atoms with E-state index in [2.05, 4.69) is 15.2 Å². The van der Waals surface area contributed by atoms with Gasteiger partial charge in [-0.3, -0.25) is 9.78 Å². The number of anilines is 2. The lowest BCUT2D eigenvalue weighted by Gasteiger charge is -2.40. The average molecular weight is 437 g/mol. The zero-order chi connectivity index (χ0) is 22.3. The molecular formula is C25H32N4O3. The van der Waals surface area contributed by atoms with E-state index >= 15 is 0 Å². The molecule has 1 N–H and O–H groups in total. The summed E-state index contributed by atoms with van der Waals surface area (Å²) in [5.74, 6) is 1.04. The van der Waals surface area contributed by atoms with Crippen LogP contribution in [0.25, 0.3) is 0 Å². The Balaban J connectivity index is 1.26. The maximum Gasteiger partial charge on any atom is 0.415 e. The summed E-state index contributed by atoms with van der Waals surface area (Å²) in [6.07, 6.45) is 9.89. The Morgan fingerprint density at radius 1 is 1.09 bits per heavy atom. The number of nitrogens with one attached hydrogen (secondary N) is 1. The summed E-state index contributed by atoms with van der Waals surface area (Å²) in [6.45, 7) is 4.07. The van der Waals surface area contributed by atoms with Crippen molar-refractivity contribution in [3.8, 4) is 5.75 Å². The minimum absolute atomic E-state index is 0.0230. The van der Waals surface area contributed by atoms with Crippen LogP contribution < -0.4 is 15.0 Å². The summed E-state index contributed by atoms with van der Waals surface area (Å²) in [5, 5.41) is 2.96. The van der Waals surface area contributed by atoms with Gasteiger partial charge in [-0.15, -0.1) is 0 Å². The molecule has 1 saturated carbocycles. The summed E-state index contributed by atoms with van der Waals surface area (Å²) in [5.41, 5.74) is 1.79. The molecule has 2 fully saturated rings. The van der Waals surface area contributed by atoms with Crippen LogP contribution in [-0.4, -0.2) is 47.6 Å². The van der Waals surface area contributed by atoms with Crippen LogP contribution in [-0.2, 0) is 4.79 Å². The first kappa shape index (κ1) is 22.1. The largest absolute Gasteiger partial charge is 0.415 e. The molecule has 7 nitrogen and oxygen atoms in total. The van der Waals surface area contributed by atoms with E-state index in [-0.39, 0.29) is 18.0 Å². The molecule has 2 heterocycles. The summed E-state index contributed by atoms with van der Waals surface area (Å²) >= 11 is 0. The van der Waals surface area contributed by atoms with Gasteiger partial charge in [-0.1, -0.05) is 19.3 Å². The van der Waals surface area contributed by atoms with Gasteiger partial charge in [0.1, 0.15) is 5.75 Å². The van der Waals surface area contributed by atoms with Crippen molar-refractivity contribution in [1.29, 1.82) is 0 Å². The maximum atomic E-state index is 12.7.